The number of esters is 1. The molecule has 0 radical (unpaired) electrons. The number of Topliss-reactive ketones (excluding diaryl/α,β-unsaturated/α-hetero) is 2. The summed E-state index contributed by atoms with van der Waals surface area (Å²) in [6.07, 6.45) is 8.82. The van der Waals surface area contributed by atoms with E-state index in [1.807, 2.05) is 61.5 Å². The van der Waals surface area contributed by atoms with Crippen LogP contribution in [0.5, 0.6) is 11.5 Å². The Labute approximate surface area is 268 Å². The average Bonchev–Trinajstić information content (AvgIpc) is 2.93. The fourth-order valence-electron chi connectivity index (χ4n) is 7.55. The van der Waals surface area contributed by atoms with Crippen LogP contribution in [-0.4, -0.2) is 33.3 Å². The molecule has 1 saturated carbocycles. The number of carbonyl (C=O) groups excluding carboxylic acids is 3. The number of rotatable bonds is 8. The maximum atomic E-state index is 15.3. The Morgan fingerprint density at radius 1 is 0.867 bits per heavy atom. The number of allylic oxidation sites excluding steroid dienone is 8. The maximum Gasteiger partial charge on any atom is 0.343 e. The number of fused-ring (bicyclic) bond motifs is 1. The summed E-state index contributed by atoms with van der Waals surface area (Å²) in [7, 11) is 0. The molecule has 1 aliphatic heterocycles. The Morgan fingerprint density at radius 3 is 1.98 bits per heavy atom. The molecule has 7 heteroatoms. The summed E-state index contributed by atoms with van der Waals surface area (Å²) in [5.41, 5.74) is -0.928. The Balaban J connectivity index is 2.02. The zero-order chi connectivity index (χ0) is 33.7. The van der Waals surface area contributed by atoms with Gasteiger partial charge in [-0.3, -0.25) is 9.59 Å². The zero-order valence-corrected chi connectivity index (χ0v) is 28.6. The first-order valence-electron chi connectivity index (χ1n) is 16.0. The van der Waals surface area contributed by atoms with Crippen molar-refractivity contribution in [2.75, 3.05) is 0 Å². The van der Waals surface area contributed by atoms with Gasteiger partial charge < -0.3 is 19.7 Å². The van der Waals surface area contributed by atoms with Gasteiger partial charge in [-0.1, -0.05) is 48.8 Å². The lowest BCUT2D eigenvalue weighted by Gasteiger charge is -2.63. The summed E-state index contributed by atoms with van der Waals surface area (Å²) >= 11 is 0. The van der Waals surface area contributed by atoms with Gasteiger partial charge in [0.15, 0.2) is 23.0 Å². The molecule has 1 saturated heterocycles. The number of ether oxygens (including phenoxy) is 2. The highest BCUT2D eigenvalue weighted by molar-refractivity contribution is 6.21. The van der Waals surface area contributed by atoms with E-state index in [2.05, 4.69) is 26.0 Å². The van der Waals surface area contributed by atoms with E-state index >= 15 is 9.59 Å². The van der Waals surface area contributed by atoms with E-state index in [0.717, 1.165) is 11.6 Å². The normalized spacial score (nSPS) is 28.0. The van der Waals surface area contributed by atoms with E-state index in [1.165, 1.54) is 23.3 Å². The molecule has 1 aromatic carbocycles. The minimum atomic E-state index is -1.50. The molecule has 2 bridgehead atoms. The molecule has 4 unspecified atom stereocenters. The van der Waals surface area contributed by atoms with E-state index in [-0.39, 0.29) is 46.9 Å². The fourth-order valence-corrected chi connectivity index (χ4v) is 7.55. The third-order valence-electron chi connectivity index (χ3n) is 10.6. The smallest absolute Gasteiger partial charge is 0.343 e. The molecule has 244 valence electrons. The van der Waals surface area contributed by atoms with Gasteiger partial charge in [0.2, 0.25) is 11.5 Å². The number of benzene rings is 1. The molecule has 2 fully saturated rings. The van der Waals surface area contributed by atoms with Gasteiger partial charge in [0, 0.05) is 5.92 Å². The van der Waals surface area contributed by atoms with Crippen molar-refractivity contribution in [3.05, 3.63) is 70.2 Å². The third-order valence-corrected chi connectivity index (χ3v) is 10.6. The SMILES string of the molecule is CC(C)=CCC1CC23CC(CC=C(C)C)C(C)(C)C(CC=C(C)C)(C(=O)C(OC(=O)c4ccc(O)c(O)c4)=C2OC1(C)C)C3=O. The van der Waals surface area contributed by atoms with Gasteiger partial charge in [0.1, 0.15) is 11.0 Å². The number of carbonyl (C=O) groups is 3. The molecule has 1 aromatic rings. The van der Waals surface area contributed by atoms with E-state index in [4.69, 9.17) is 9.47 Å². The average molecular weight is 619 g/mol. The van der Waals surface area contributed by atoms with Crippen LogP contribution >= 0.6 is 0 Å². The largest absolute Gasteiger partial charge is 0.504 e. The molecular formula is C38H50O7. The third kappa shape index (κ3) is 5.79. The highest BCUT2D eigenvalue weighted by Gasteiger charge is 2.74. The number of phenolic OH excluding ortho intramolecular Hbond substituents is 2. The molecule has 0 amide bonds. The Morgan fingerprint density at radius 2 is 1.42 bits per heavy atom. The van der Waals surface area contributed by atoms with Crippen molar-refractivity contribution in [1.82, 2.24) is 0 Å². The van der Waals surface area contributed by atoms with Crippen molar-refractivity contribution in [3.63, 3.8) is 0 Å². The van der Waals surface area contributed by atoms with Crippen molar-refractivity contribution in [2.45, 2.75) is 107 Å². The number of hydrogen-bond donors (Lipinski definition) is 2. The van der Waals surface area contributed by atoms with Crippen LogP contribution in [0.25, 0.3) is 0 Å². The monoisotopic (exact) mass is 618 g/mol. The summed E-state index contributed by atoms with van der Waals surface area (Å²) in [6.45, 7) is 20.0. The first kappa shape index (κ1) is 34.3. The molecular weight excluding hydrogens is 568 g/mol. The van der Waals surface area contributed by atoms with E-state index in [1.54, 1.807) is 0 Å². The van der Waals surface area contributed by atoms with Gasteiger partial charge in [-0.2, -0.15) is 0 Å². The first-order valence-corrected chi connectivity index (χ1v) is 16.0. The van der Waals surface area contributed by atoms with Gasteiger partial charge in [0.05, 0.1) is 11.0 Å². The van der Waals surface area contributed by atoms with Gasteiger partial charge >= 0.3 is 5.97 Å². The molecule has 0 aromatic heterocycles. The topological polar surface area (TPSA) is 110 Å². The van der Waals surface area contributed by atoms with Crippen molar-refractivity contribution >= 4 is 17.5 Å². The molecule has 3 aliphatic rings. The molecule has 45 heavy (non-hydrogen) atoms. The molecule has 2 aliphatic carbocycles. The summed E-state index contributed by atoms with van der Waals surface area (Å²) in [5.74, 6) is -2.58. The predicted molar refractivity (Wildman–Crippen MR) is 174 cm³/mol. The van der Waals surface area contributed by atoms with Crippen molar-refractivity contribution in [3.8, 4) is 11.5 Å². The fraction of sp³-hybridized carbons (Fsp3) is 0.553. The second-order valence-electron chi connectivity index (χ2n) is 15.1. The number of hydrogen-bond acceptors (Lipinski definition) is 7. The minimum absolute atomic E-state index is 0.0326. The predicted octanol–water partition coefficient (Wildman–Crippen LogP) is 8.52. The molecule has 7 nitrogen and oxygen atoms in total. The van der Waals surface area contributed by atoms with Crippen molar-refractivity contribution in [2.24, 2.45) is 28.1 Å². The van der Waals surface area contributed by atoms with E-state index in [9.17, 15) is 15.0 Å². The van der Waals surface area contributed by atoms with Crippen molar-refractivity contribution < 1.29 is 34.1 Å². The van der Waals surface area contributed by atoms with Crippen LogP contribution in [0.15, 0.2) is 64.7 Å². The number of ketones is 2. The Kier molecular flexibility index (Phi) is 9.11. The van der Waals surface area contributed by atoms with Gasteiger partial charge in [0.25, 0.3) is 0 Å². The Bertz CT molecular complexity index is 1520. The minimum Gasteiger partial charge on any atom is -0.504 e. The maximum absolute atomic E-state index is 15.3. The second kappa shape index (κ2) is 12.0. The molecule has 4 atom stereocenters. The highest BCUT2D eigenvalue weighted by atomic mass is 16.6. The number of phenols is 2. The van der Waals surface area contributed by atoms with Crippen molar-refractivity contribution in [1.29, 1.82) is 0 Å². The first-order chi connectivity index (χ1) is 20.8. The highest BCUT2D eigenvalue weighted by Crippen LogP contribution is 2.69. The van der Waals surface area contributed by atoms with Gasteiger partial charge in [-0.25, -0.2) is 4.79 Å². The molecule has 2 N–H and O–H groups in total. The van der Waals surface area contributed by atoms with Crippen LogP contribution in [0.3, 0.4) is 0 Å². The van der Waals surface area contributed by atoms with Crippen LogP contribution in [-0.2, 0) is 19.1 Å². The lowest BCUT2D eigenvalue weighted by molar-refractivity contribution is -0.192. The summed E-state index contributed by atoms with van der Waals surface area (Å²) < 4.78 is 12.8. The lowest BCUT2D eigenvalue weighted by Crippen LogP contribution is -2.69. The van der Waals surface area contributed by atoms with E-state index in [0.29, 0.717) is 25.7 Å². The summed E-state index contributed by atoms with van der Waals surface area (Å²) in [6, 6.07) is 3.60. The Hall–Kier alpha value is -3.61. The van der Waals surface area contributed by atoms with E-state index < -0.39 is 39.3 Å². The lowest BCUT2D eigenvalue weighted by atomic mass is 9.39. The standard InChI is InChI=1S/C38H50O7/c1-22(2)11-14-26-20-37-21-27(15-12-23(3)4)36(9,10)45-32(37)30(44-33(42)25-13-16-28(39)29(40)19-25)31(41)38(34(37)43,35(26,7)8)18-17-24(5)6/h11-13,16-17,19,26-27,39-40H,14-15,18,20-21H2,1-10H3. The summed E-state index contributed by atoms with van der Waals surface area (Å²) in [4.78, 5) is 43.9. The molecule has 4 rings (SSSR count). The zero-order valence-electron chi connectivity index (χ0n) is 28.6. The van der Waals surface area contributed by atoms with Crippen LogP contribution < -0.4 is 0 Å². The molecule has 1 heterocycles. The van der Waals surface area contributed by atoms with Gasteiger partial charge in [-0.15, -0.1) is 0 Å². The van der Waals surface area contributed by atoms with Crippen LogP contribution in [0, 0.1) is 28.1 Å². The summed E-state index contributed by atoms with van der Waals surface area (Å²) in [5, 5.41) is 19.9. The van der Waals surface area contributed by atoms with Crippen LogP contribution in [0.1, 0.15) is 112 Å². The van der Waals surface area contributed by atoms with Crippen LogP contribution in [0.4, 0.5) is 0 Å². The van der Waals surface area contributed by atoms with Gasteiger partial charge in [-0.05, 0) is 117 Å². The molecule has 1 spiro atoms. The van der Waals surface area contributed by atoms with Crippen LogP contribution in [0.2, 0.25) is 0 Å². The number of aromatic hydroxyl groups is 2. The quantitative estimate of drug-likeness (QED) is 0.130. The second-order valence-corrected chi connectivity index (χ2v) is 15.1.